The van der Waals surface area contributed by atoms with Gasteiger partial charge in [0.15, 0.2) is 0 Å². The van der Waals surface area contributed by atoms with Gasteiger partial charge in [-0.05, 0) is 31.5 Å². The van der Waals surface area contributed by atoms with E-state index in [1.54, 1.807) is 6.92 Å². The molecule has 0 saturated heterocycles. The summed E-state index contributed by atoms with van der Waals surface area (Å²) in [7, 11) is 0. The lowest BCUT2D eigenvalue weighted by atomic mass is 10.1. The van der Waals surface area contributed by atoms with Gasteiger partial charge in [-0.1, -0.05) is 18.2 Å². The minimum Gasteiger partial charge on any atom is -0.465 e. The van der Waals surface area contributed by atoms with Crippen LogP contribution in [0, 0.1) is 6.92 Å². The number of fused-ring (bicyclic) bond motifs is 1. The molecule has 0 amide bonds. The van der Waals surface area contributed by atoms with Gasteiger partial charge in [0, 0.05) is 17.6 Å². The van der Waals surface area contributed by atoms with E-state index in [9.17, 15) is 4.79 Å². The summed E-state index contributed by atoms with van der Waals surface area (Å²) in [4.78, 5) is 15.8. The number of rotatable bonds is 5. The SMILES string of the molecule is CCOC(=O)CNCc1cc(C)nc2ccccc12. The van der Waals surface area contributed by atoms with Gasteiger partial charge in [-0.15, -0.1) is 0 Å². The fraction of sp³-hybridized carbons (Fsp3) is 0.333. The maximum atomic E-state index is 11.3. The Labute approximate surface area is 112 Å². The average Bonchev–Trinajstić information content (AvgIpc) is 2.38. The molecular formula is C15H18N2O2. The number of hydrogen-bond donors (Lipinski definition) is 1. The predicted molar refractivity (Wildman–Crippen MR) is 74.8 cm³/mol. The van der Waals surface area contributed by atoms with Crippen LogP contribution < -0.4 is 5.32 Å². The summed E-state index contributed by atoms with van der Waals surface area (Å²) >= 11 is 0. The molecule has 0 aliphatic carbocycles. The zero-order chi connectivity index (χ0) is 13.7. The Kier molecular flexibility index (Phi) is 4.47. The van der Waals surface area contributed by atoms with Crippen LogP contribution in [-0.4, -0.2) is 24.1 Å². The molecule has 2 rings (SSSR count). The van der Waals surface area contributed by atoms with E-state index in [0.717, 1.165) is 22.2 Å². The molecule has 0 aliphatic heterocycles. The Morgan fingerprint density at radius 3 is 2.95 bits per heavy atom. The second kappa shape index (κ2) is 6.29. The van der Waals surface area contributed by atoms with Gasteiger partial charge in [0.05, 0.1) is 18.7 Å². The van der Waals surface area contributed by atoms with Crippen LogP contribution >= 0.6 is 0 Å². The standard InChI is InChI=1S/C15H18N2O2/c1-3-19-15(18)10-16-9-12-8-11(2)17-14-7-5-4-6-13(12)14/h4-8,16H,3,9-10H2,1-2H3. The second-order valence-electron chi connectivity index (χ2n) is 4.35. The van der Waals surface area contributed by atoms with Crippen molar-refractivity contribution < 1.29 is 9.53 Å². The Balaban J connectivity index is 2.10. The molecule has 1 heterocycles. The Morgan fingerprint density at radius 2 is 2.16 bits per heavy atom. The fourth-order valence-electron chi connectivity index (χ4n) is 2.05. The average molecular weight is 258 g/mol. The number of ether oxygens (including phenoxy) is 1. The van der Waals surface area contributed by atoms with Crippen molar-refractivity contribution in [3.63, 3.8) is 0 Å². The van der Waals surface area contributed by atoms with E-state index in [-0.39, 0.29) is 12.5 Å². The van der Waals surface area contributed by atoms with E-state index < -0.39 is 0 Å². The number of nitrogens with zero attached hydrogens (tertiary/aromatic N) is 1. The third-order valence-electron chi connectivity index (χ3n) is 2.82. The number of hydrogen-bond acceptors (Lipinski definition) is 4. The van der Waals surface area contributed by atoms with Crippen molar-refractivity contribution >= 4 is 16.9 Å². The number of carbonyl (C=O) groups is 1. The molecule has 0 aliphatic rings. The number of aromatic nitrogens is 1. The number of benzene rings is 1. The van der Waals surface area contributed by atoms with Crippen LogP contribution in [0.4, 0.5) is 0 Å². The zero-order valence-corrected chi connectivity index (χ0v) is 11.3. The van der Waals surface area contributed by atoms with E-state index >= 15 is 0 Å². The number of para-hydroxylation sites is 1. The summed E-state index contributed by atoms with van der Waals surface area (Å²) in [6, 6.07) is 10.1. The first-order valence-electron chi connectivity index (χ1n) is 6.42. The molecule has 0 spiro atoms. The molecule has 0 fully saturated rings. The summed E-state index contributed by atoms with van der Waals surface area (Å²) in [5, 5.41) is 4.22. The molecule has 0 saturated carbocycles. The van der Waals surface area contributed by atoms with Crippen LogP contribution in [0.15, 0.2) is 30.3 Å². The maximum absolute atomic E-state index is 11.3. The van der Waals surface area contributed by atoms with Crippen LogP contribution in [0.5, 0.6) is 0 Å². The van der Waals surface area contributed by atoms with Crippen LogP contribution in [-0.2, 0) is 16.1 Å². The van der Waals surface area contributed by atoms with Gasteiger partial charge < -0.3 is 10.1 Å². The van der Waals surface area contributed by atoms with E-state index in [0.29, 0.717) is 13.2 Å². The van der Waals surface area contributed by atoms with E-state index in [4.69, 9.17) is 4.74 Å². The van der Waals surface area contributed by atoms with Gasteiger partial charge in [0.1, 0.15) is 0 Å². The summed E-state index contributed by atoms with van der Waals surface area (Å²) in [6.07, 6.45) is 0. The summed E-state index contributed by atoms with van der Waals surface area (Å²) in [5.41, 5.74) is 3.11. The lowest BCUT2D eigenvalue weighted by molar-refractivity contribution is -0.142. The molecule has 0 unspecified atom stereocenters. The normalized spacial score (nSPS) is 10.6. The molecule has 19 heavy (non-hydrogen) atoms. The number of carbonyl (C=O) groups excluding carboxylic acids is 1. The fourth-order valence-corrected chi connectivity index (χ4v) is 2.05. The third-order valence-corrected chi connectivity index (χ3v) is 2.82. The molecular weight excluding hydrogens is 240 g/mol. The number of aryl methyl sites for hydroxylation is 1. The topological polar surface area (TPSA) is 51.2 Å². The van der Waals surface area contributed by atoms with Gasteiger partial charge >= 0.3 is 5.97 Å². The van der Waals surface area contributed by atoms with Gasteiger partial charge in [0.25, 0.3) is 0 Å². The summed E-state index contributed by atoms with van der Waals surface area (Å²) in [6.45, 7) is 5.04. The minimum absolute atomic E-state index is 0.224. The number of nitrogens with one attached hydrogen (secondary N) is 1. The Hall–Kier alpha value is -1.94. The first kappa shape index (κ1) is 13.5. The van der Waals surface area contributed by atoms with Crippen LogP contribution in [0.3, 0.4) is 0 Å². The van der Waals surface area contributed by atoms with Crippen molar-refractivity contribution in [3.05, 3.63) is 41.6 Å². The lowest BCUT2D eigenvalue weighted by Crippen LogP contribution is -2.24. The minimum atomic E-state index is -0.224. The first-order chi connectivity index (χ1) is 9.20. The molecule has 4 nitrogen and oxygen atoms in total. The van der Waals surface area contributed by atoms with Crippen molar-refractivity contribution in [1.82, 2.24) is 10.3 Å². The molecule has 1 aromatic heterocycles. The largest absolute Gasteiger partial charge is 0.465 e. The monoisotopic (exact) mass is 258 g/mol. The van der Waals surface area contributed by atoms with Crippen LogP contribution in [0.25, 0.3) is 10.9 Å². The highest BCUT2D eigenvalue weighted by atomic mass is 16.5. The van der Waals surface area contributed by atoms with Crippen molar-refractivity contribution in [1.29, 1.82) is 0 Å². The molecule has 2 aromatic rings. The number of esters is 1. The quantitative estimate of drug-likeness (QED) is 0.835. The van der Waals surface area contributed by atoms with Gasteiger partial charge in [0.2, 0.25) is 0 Å². The van der Waals surface area contributed by atoms with E-state index in [2.05, 4.69) is 10.3 Å². The van der Waals surface area contributed by atoms with Gasteiger partial charge in [-0.25, -0.2) is 0 Å². The Morgan fingerprint density at radius 1 is 1.37 bits per heavy atom. The van der Waals surface area contributed by atoms with E-state index in [1.165, 1.54) is 0 Å². The highest BCUT2D eigenvalue weighted by Gasteiger charge is 2.05. The molecule has 1 N–H and O–H groups in total. The van der Waals surface area contributed by atoms with Crippen LogP contribution in [0.1, 0.15) is 18.2 Å². The Bertz CT molecular complexity index is 581. The molecule has 4 heteroatoms. The second-order valence-corrected chi connectivity index (χ2v) is 4.35. The molecule has 1 aromatic carbocycles. The highest BCUT2D eigenvalue weighted by Crippen LogP contribution is 2.17. The maximum Gasteiger partial charge on any atom is 0.319 e. The smallest absolute Gasteiger partial charge is 0.319 e. The number of pyridine rings is 1. The van der Waals surface area contributed by atoms with Gasteiger partial charge in [-0.3, -0.25) is 9.78 Å². The van der Waals surface area contributed by atoms with Crippen molar-refractivity contribution in [2.75, 3.05) is 13.2 Å². The van der Waals surface area contributed by atoms with Crippen molar-refractivity contribution in [3.8, 4) is 0 Å². The predicted octanol–water partition coefficient (Wildman–Crippen LogP) is 2.20. The van der Waals surface area contributed by atoms with Crippen molar-refractivity contribution in [2.45, 2.75) is 20.4 Å². The summed E-state index contributed by atoms with van der Waals surface area (Å²) < 4.78 is 4.88. The third kappa shape index (κ3) is 3.51. The van der Waals surface area contributed by atoms with Crippen LogP contribution in [0.2, 0.25) is 0 Å². The lowest BCUT2D eigenvalue weighted by Gasteiger charge is -2.09. The first-order valence-corrected chi connectivity index (χ1v) is 6.42. The molecule has 0 bridgehead atoms. The van der Waals surface area contributed by atoms with Gasteiger partial charge in [-0.2, -0.15) is 0 Å². The summed E-state index contributed by atoms with van der Waals surface area (Å²) in [5.74, 6) is -0.224. The van der Waals surface area contributed by atoms with Crippen molar-refractivity contribution in [2.24, 2.45) is 0 Å². The molecule has 0 atom stereocenters. The van der Waals surface area contributed by atoms with E-state index in [1.807, 2.05) is 37.3 Å². The highest BCUT2D eigenvalue weighted by molar-refractivity contribution is 5.82. The molecule has 0 radical (unpaired) electrons. The molecule has 100 valence electrons. The zero-order valence-electron chi connectivity index (χ0n) is 11.3.